The maximum atomic E-state index is 12.1. The van der Waals surface area contributed by atoms with Crippen LogP contribution < -0.4 is 10.6 Å². The van der Waals surface area contributed by atoms with E-state index in [9.17, 15) is 4.79 Å². The van der Waals surface area contributed by atoms with Crippen LogP contribution in [0.3, 0.4) is 0 Å². The molecule has 0 unspecified atom stereocenters. The van der Waals surface area contributed by atoms with Gasteiger partial charge in [-0.2, -0.15) is 0 Å². The van der Waals surface area contributed by atoms with E-state index in [1.54, 1.807) is 6.20 Å². The highest BCUT2D eigenvalue weighted by Crippen LogP contribution is 2.15. The Balaban J connectivity index is 1.92. The summed E-state index contributed by atoms with van der Waals surface area (Å²) in [5, 5.41) is 6.16. The van der Waals surface area contributed by atoms with E-state index in [0.29, 0.717) is 6.54 Å². The third-order valence-electron chi connectivity index (χ3n) is 2.93. The fourth-order valence-corrected chi connectivity index (χ4v) is 2.35. The lowest BCUT2D eigenvalue weighted by atomic mass is 10.3. The van der Waals surface area contributed by atoms with Crippen molar-refractivity contribution in [1.29, 1.82) is 0 Å². The van der Waals surface area contributed by atoms with Crippen molar-refractivity contribution in [3.63, 3.8) is 0 Å². The molecule has 5 nitrogen and oxygen atoms in total. The summed E-state index contributed by atoms with van der Waals surface area (Å²) >= 11 is 3.38. The molecule has 0 saturated heterocycles. The Hall–Kier alpha value is -1.66. The first kappa shape index (κ1) is 15.7. The predicted octanol–water partition coefficient (Wildman–Crippen LogP) is 2.78. The Labute approximate surface area is 132 Å². The molecule has 0 aliphatic heterocycles. The zero-order valence-electron chi connectivity index (χ0n) is 12.0. The van der Waals surface area contributed by atoms with Gasteiger partial charge in [0.2, 0.25) is 5.91 Å². The average molecular weight is 351 g/mol. The molecule has 1 aromatic carbocycles. The van der Waals surface area contributed by atoms with Gasteiger partial charge in [-0.3, -0.25) is 4.79 Å². The first-order chi connectivity index (χ1) is 10.2. The molecule has 1 heterocycles. The number of carbonyl (C=O) groups is 1. The molecular weight excluding hydrogens is 332 g/mol. The summed E-state index contributed by atoms with van der Waals surface area (Å²) in [7, 11) is 0. The number of carbonyl (C=O) groups excluding carboxylic acids is 1. The van der Waals surface area contributed by atoms with E-state index >= 15 is 0 Å². The number of rotatable bonds is 7. The fraction of sp³-hybridized carbons (Fsp3) is 0.333. The number of halogens is 1. The molecule has 112 valence electrons. The van der Waals surface area contributed by atoms with Crippen LogP contribution in [0.1, 0.15) is 19.2 Å². The molecular formula is C15H19BrN4O. The normalized spacial score (nSPS) is 10.6. The minimum absolute atomic E-state index is 0.0668. The van der Waals surface area contributed by atoms with Crippen molar-refractivity contribution < 1.29 is 4.79 Å². The number of benzene rings is 1. The second-order valence-corrected chi connectivity index (χ2v) is 5.62. The molecule has 6 heteroatoms. The highest BCUT2D eigenvalue weighted by molar-refractivity contribution is 9.10. The number of nitrogens with one attached hydrogen (secondary N) is 2. The van der Waals surface area contributed by atoms with Crippen LogP contribution in [0.25, 0.3) is 0 Å². The highest BCUT2D eigenvalue weighted by atomic mass is 79.9. The third-order valence-corrected chi connectivity index (χ3v) is 3.43. The predicted molar refractivity (Wildman–Crippen MR) is 87.0 cm³/mol. The van der Waals surface area contributed by atoms with Crippen LogP contribution in [0, 0.1) is 0 Å². The Morgan fingerprint density at radius 2 is 2.29 bits per heavy atom. The van der Waals surface area contributed by atoms with E-state index in [2.05, 4.69) is 38.5 Å². The first-order valence-corrected chi connectivity index (χ1v) is 7.74. The molecule has 0 spiro atoms. The summed E-state index contributed by atoms with van der Waals surface area (Å²) in [6.07, 6.45) is 4.61. The molecule has 0 aliphatic carbocycles. The maximum Gasteiger partial charge on any atom is 0.244 e. The van der Waals surface area contributed by atoms with E-state index in [1.807, 2.05) is 35.0 Å². The number of hydrogen-bond acceptors (Lipinski definition) is 3. The van der Waals surface area contributed by atoms with Crippen molar-refractivity contribution in [1.82, 2.24) is 14.9 Å². The Morgan fingerprint density at radius 1 is 1.43 bits per heavy atom. The second kappa shape index (κ2) is 7.95. The van der Waals surface area contributed by atoms with E-state index in [0.717, 1.165) is 29.0 Å². The molecule has 2 N–H and O–H groups in total. The van der Waals surface area contributed by atoms with Gasteiger partial charge in [-0.05, 0) is 31.2 Å². The molecule has 0 bridgehead atoms. The largest absolute Gasteiger partial charge is 0.324 e. The van der Waals surface area contributed by atoms with Crippen molar-refractivity contribution in [2.24, 2.45) is 0 Å². The lowest BCUT2D eigenvalue weighted by molar-refractivity contribution is -0.116. The van der Waals surface area contributed by atoms with Crippen molar-refractivity contribution in [2.75, 3.05) is 11.9 Å². The van der Waals surface area contributed by atoms with Crippen molar-refractivity contribution in [3.05, 3.63) is 47.0 Å². The summed E-state index contributed by atoms with van der Waals surface area (Å²) in [6.45, 7) is 3.99. The van der Waals surface area contributed by atoms with Gasteiger partial charge in [0.05, 0.1) is 6.54 Å². The van der Waals surface area contributed by atoms with Gasteiger partial charge in [-0.1, -0.05) is 28.9 Å². The van der Waals surface area contributed by atoms with Gasteiger partial charge >= 0.3 is 0 Å². The molecule has 0 atom stereocenters. The van der Waals surface area contributed by atoms with Gasteiger partial charge in [0.25, 0.3) is 0 Å². The average Bonchev–Trinajstić information content (AvgIpc) is 2.86. The third kappa shape index (κ3) is 4.99. The minimum Gasteiger partial charge on any atom is -0.324 e. The van der Waals surface area contributed by atoms with Crippen LogP contribution in [-0.4, -0.2) is 22.0 Å². The Bertz CT molecular complexity index is 597. The lowest BCUT2D eigenvalue weighted by Gasteiger charge is -2.09. The molecule has 0 radical (unpaired) electrons. The summed E-state index contributed by atoms with van der Waals surface area (Å²) < 4.78 is 2.79. The second-order valence-electron chi connectivity index (χ2n) is 4.71. The van der Waals surface area contributed by atoms with Crippen LogP contribution in [-0.2, 0) is 17.9 Å². The Morgan fingerprint density at radius 3 is 3.05 bits per heavy atom. The number of anilines is 1. The molecule has 21 heavy (non-hydrogen) atoms. The summed E-state index contributed by atoms with van der Waals surface area (Å²) in [5.74, 6) is 0.802. The standard InChI is InChI=1S/C15H19BrN4O/c1-2-6-17-10-14-18-7-8-20(14)11-15(21)19-13-5-3-4-12(16)9-13/h3-5,7-9,17H,2,6,10-11H2,1H3,(H,19,21). The molecule has 2 rings (SSSR count). The summed E-state index contributed by atoms with van der Waals surface area (Å²) in [6, 6.07) is 7.54. The zero-order chi connectivity index (χ0) is 15.1. The van der Waals surface area contributed by atoms with E-state index in [1.165, 1.54) is 0 Å². The quantitative estimate of drug-likeness (QED) is 0.755. The van der Waals surface area contributed by atoms with Crippen LogP contribution in [0.2, 0.25) is 0 Å². The van der Waals surface area contributed by atoms with E-state index in [-0.39, 0.29) is 12.5 Å². The highest BCUT2D eigenvalue weighted by Gasteiger charge is 2.08. The smallest absolute Gasteiger partial charge is 0.244 e. The summed E-state index contributed by atoms with van der Waals surface area (Å²) in [4.78, 5) is 16.4. The number of aromatic nitrogens is 2. The monoisotopic (exact) mass is 350 g/mol. The van der Waals surface area contributed by atoms with Crippen molar-refractivity contribution in [3.8, 4) is 0 Å². The topological polar surface area (TPSA) is 59.0 Å². The first-order valence-electron chi connectivity index (χ1n) is 6.95. The summed E-state index contributed by atoms with van der Waals surface area (Å²) in [5.41, 5.74) is 0.778. The van der Waals surface area contributed by atoms with Crippen LogP contribution in [0.15, 0.2) is 41.1 Å². The van der Waals surface area contributed by atoms with Gasteiger partial charge in [0, 0.05) is 22.6 Å². The number of imidazole rings is 1. The SMILES string of the molecule is CCCNCc1nccn1CC(=O)Nc1cccc(Br)c1. The van der Waals surface area contributed by atoms with Crippen LogP contribution >= 0.6 is 15.9 Å². The number of nitrogens with zero attached hydrogens (tertiary/aromatic N) is 2. The molecule has 0 fully saturated rings. The van der Waals surface area contributed by atoms with Crippen LogP contribution in [0.5, 0.6) is 0 Å². The van der Waals surface area contributed by atoms with Crippen molar-refractivity contribution >= 4 is 27.5 Å². The van der Waals surface area contributed by atoms with E-state index < -0.39 is 0 Å². The number of hydrogen-bond donors (Lipinski definition) is 2. The molecule has 0 saturated carbocycles. The van der Waals surface area contributed by atoms with Gasteiger partial charge in [0.1, 0.15) is 12.4 Å². The van der Waals surface area contributed by atoms with E-state index in [4.69, 9.17) is 0 Å². The number of amides is 1. The van der Waals surface area contributed by atoms with Gasteiger partial charge in [-0.25, -0.2) is 4.98 Å². The molecule has 0 aliphatic rings. The lowest BCUT2D eigenvalue weighted by Crippen LogP contribution is -2.22. The maximum absolute atomic E-state index is 12.1. The van der Waals surface area contributed by atoms with Gasteiger partial charge in [-0.15, -0.1) is 0 Å². The van der Waals surface area contributed by atoms with Gasteiger partial charge < -0.3 is 15.2 Å². The molecule has 1 aromatic heterocycles. The fourth-order valence-electron chi connectivity index (χ4n) is 1.95. The Kier molecular flexibility index (Phi) is 5.95. The minimum atomic E-state index is -0.0668. The molecule has 1 amide bonds. The van der Waals surface area contributed by atoms with Crippen LogP contribution in [0.4, 0.5) is 5.69 Å². The zero-order valence-corrected chi connectivity index (χ0v) is 13.6. The molecule has 2 aromatic rings. The van der Waals surface area contributed by atoms with Crippen molar-refractivity contribution in [2.45, 2.75) is 26.4 Å². The van der Waals surface area contributed by atoms with Gasteiger partial charge in [0.15, 0.2) is 0 Å².